The lowest BCUT2D eigenvalue weighted by Gasteiger charge is -2.49. The van der Waals surface area contributed by atoms with Crippen molar-refractivity contribution in [2.75, 3.05) is 39.9 Å². The van der Waals surface area contributed by atoms with Gasteiger partial charge in [-0.1, -0.05) is 144 Å². The number of rotatable bonds is 22. The third-order valence-corrected chi connectivity index (χ3v) is 11.2. The van der Waals surface area contributed by atoms with Crippen molar-refractivity contribution in [1.29, 1.82) is 0 Å². The van der Waals surface area contributed by atoms with E-state index < -0.39 is 44.8 Å². The molecule has 55 heavy (non-hydrogen) atoms. The summed E-state index contributed by atoms with van der Waals surface area (Å²) in [5.41, 5.74) is 2.37. The van der Waals surface area contributed by atoms with E-state index in [0.717, 1.165) is 11.1 Å². The van der Waals surface area contributed by atoms with Crippen LogP contribution in [0.4, 0.5) is 0 Å². The van der Waals surface area contributed by atoms with Crippen LogP contribution in [0.1, 0.15) is 102 Å². The molecule has 2 heterocycles. The highest BCUT2D eigenvalue weighted by molar-refractivity contribution is 7.45. The van der Waals surface area contributed by atoms with E-state index in [9.17, 15) is 9.46 Å². The summed E-state index contributed by atoms with van der Waals surface area (Å²) >= 11 is 0. The Labute approximate surface area is 330 Å². The van der Waals surface area contributed by atoms with E-state index in [4.69, 9.17) is 32.7 Å². The molecule has 10 nitrogen and oxygen atoms in total. The third kappa shape index (κ3) is 14.8. The van der Waals surface area contributed by atoms with E-state index in [2.05, 4.69) is 27.7 Å². The maximum atomic E-state index is 13.1. The van der Waals surface area contributed by atoms with Crippen LogP contribution in [0.2, 0.25) is 0 Å². The number of methoxy groups -OCH3 is 1. The van der Waals surface area contributed by atoms with Crippen molar-refractivity contribution < 1.29 is 46.7 Å². The molecule has 0 N–H and O–H groups in total. The van der Waals surface area contributed by atoms with Crippen LogP contribution in [-0.2, 0) is 50.5 Å². The van der Waals surface area contributed by atoms with Gasteiger partial charge in [-0.05, 0) is 36.8 Å². The Morgan fingerprint density at radius 3 is 1.67 bits per heavy atom. The predicted octanol–water partition coefficient (Wildman–Crippen LogP) is 9.13. The van der Waals surface area contributed by atoms with Crippen LogP contribution in [0.5, 0.6) is 0 Å². The van der Waals surface area contributed by atoms with Gasteiger partial charge in [-0.25, -0.2) is 0 Å². The van der Waals surface area contributed by atoms with Gasteiger partial charge in [-0.3, -0.25) is 4.57 Å². The van der Waals surface area contributed by atoms with Crippen LogP contribution < -0.4 is 4.89 Å². The number of hydrogen-bond acceptors (Lipinski definition) is 9. The Kier molecular flexibility index (Phi) is 20.0. The van der Waals surface area contributed by atoms with E-state index >= 15 is 0 Å². The maximum absolute atomic E-state index is 13.1. The minimum Gasteiger partial charge on any atom is -0.756 e. The number of quaternary nitrogens is 1. The first-order valence-corrected chi connectivity index (χ1v) is 21.9. The van der Waals surface area contributed by atoms with Crippen molar-refractivity contribution in [2.24, 2.45) is 0 Å². The zero-order valence-corrected chi connectivity index (χ0v) is 34.7. The molecular formula is C44H66NO9P. The van der Waals surface area contributed by atoms with Crippen molar-refractivity contribution in [2.45, 2.75) is 129 Å². The summed E-state index contributed by atoms with van der Waals surface area (Å²) in [6.07, 6.45) is 5.82. The van der Waals surface area contributed by atoms with Gasteiger partial charge in [-0.2, -0.15) is 0 Å². The third-order valence-electron chi connectivity index (χ3n) is 10.3. The molecule has 2 aliphatic rings. The first-order chi connectivity index (χ1) is 26.8. The summed E-state index contributed by atoms with van der Waals surface area (Å²) in [5, 5.41) is 0. The van der Waals surface area contributed by atoms with Crippen LogP contribution >= 0.6 is 7.82 Å². The number of nitrogens with zero attached hydrogens (tertiary/aromatic N) is 1. The molecule has 1 unspecified atom stereocenters. The first-order valence-electron chi connectivity index (χ1n) is 20.5. The largest absolute Gasteiger partial charge is 0.756 e. The second-order valence-electron chi connectivity index (χ2n) is 14.6. The number of ether oxygens (including phenoxy) is 5. The fourth-order valence-electron chi connectivity index (χ4n) is 7.13. The fraction of sp³-hybridized carbons (Fsp3) is 0.591. The smallest absolute Gasteiger partial charge is 0.268 e. The topological polar surface area (TPSA) is 105 Å². The molecule has 306 valence electrons. The highest BCUT2D eigenvalue weighted by Gasteiger charge is 2.52. The van der Waals surface area contributed by atoms with Crippen molar-refractivity contribution in [3.63, 3.8) is 0 Å². The Balaban J connectivity index is 0.000000335. The summed E-state index contributed by atoms with van der Waals surface area (Å²) in [5.74, 6) is 0. The van der Waals surface area contributed by atoms with E-state index in [1.54, 1.807) is 24.3 Å². The Hall–Kier alpha value is -2.47. The fourth-order valence-corrected chi connectivity index (χ4v) is 8.04. The Morgan fingerprint density at radius 1 is 0.691 bits per heavy atom. The van der Waals surface area contributed by atoms with Gasteiger partial charge in [-0.15, -0.1) is 0 Å². The SMILES string of the molecule is CCCC[N+](CCCC)(CCCC)CCCC.CO[C@H]1O[C@@H]2CO[C@@H](c3ccccc3)O[C@H]2[C@H](OP(=O)([O-])OCc2ccccc2)[C@@H]1OCc1ccccc1. The van der Waals surface area contributed by atoms with Gasteiger partial charge >= 0.3 is 0 Å². The van der Waals surface area contributed by atoms with E-state index in [0.29, 0.717) is 5.56 Å². The number of benzene rings is 3. The molecular weight excluding hydrogens is 717 g/mol. The van der Waals surface area contributed by atoms with Crippen LogP contribution in [0.25, 0.3) is 0 Å². The molecule has 0 amide bonds. The standard InChI is InChI=1S/C28H31O9P.C16H36N/c1-31-28-26(32-17-20-11-5-2-6-12-20)25(37-38(29,30)34-18-21-13-7-3-8-14-21)24-23(35-28)19-33-27(36-24)22-15-9-4-10-16-22;1-5-9-13-17(14-10-6-2,15-11-7-3)16-12-8-4/h2-16,23-28H,17-19H2,1H3,(H,29,30);5-16H2,1-4H3/q;+1/p-1/t23-,24-,25+,26+,27-,28+;/m1./s1. The second kappa shape index (κ2) is 24.3. The molecule has 3 aromatic carbocycles. The number of phosphoric acid groups is 1. The van der Waals surface area contributed by atoms with Crippen molar-refractivity contribution in [3.05, 3.63) is 108 Å². The lowest BCUT2D eigenvalue weighted by atomic mass is 9.97. The first kappa shape index (κ1) is 45.2. The summed E-state index contributed by atoms with van der Waals surface area (Å²) < 4.78 is 55.4. The molecule has 3 aromatic rings. The van der Waals surface area contributed by atoms with Gasteiger partial charge in [0.2, 0.25) is 0 Å². The average molecular weight is 784 g/mol. The van der Waals surface area contributed by atoms with Crippen LogP contribution in [-0.4, -0.2) is 75.1 Å². The molecule has 0 saturated carbocycles. The normalized spacial score (nSPS) is 23.6. The van der Waals surface area contributed by atoms with Gasteiger partial charge in [0.15, 0.2) is 12.6 Å². The minimum absolute atomic E-state index is 0.142. The summed E-state index contributed by atoms with van der Waals surface area (Å²) in [7, 11) is -3.35. The van der Waals surface area contributed by atoms with Gasteiger partial charge in [0.1, 0.15) is 24.4 Å². The van der Waals surface area contributed by atoms with Gasteiger partial charge in [0.25, 0.3) is 7.82 Å². The zero-order valence-electron chi connectivity index (χ0n) is 33.8. The maximum Gasteiger partial charge on any atom is 0.268 e. The number of phosphoric ester groups is 1. The molecule has 0 radical (unpaired) electrons. The quantitative estimate of drug-likeness (QED) is 0.0729. The van der Waals surface area contributed by atoms with Crippen LogP contribution in [0.3, 0.4) is 0 Å². The summed E-state index contributed by atoms with van der Waals surface area (Å²) in [6.45, 7) is 15.2. The summed E-state index contributed by atoms with van der Waals surface area (Å²) in [4.78, 5) is 13.1. The van der Waals surface area contributed by atoms with Gasteiger partial charge in [0.05, 0.1) is 46.0 Å². The lowest BCUT2D eigenvalue weighted by molar-refractivity contribution is -0.929. The van der Waals surface area contributed by atoms with Gasteiger partial charge < -0.3 is 42.1 Å². The van der Waals surface area contributed by atoms with Gasteiger partial charge in [0, 0.05) is 12.7 Å². The summed E-state index contributed by atoms with van der Waals surface area (Å²) in [6, 6.07) is 27.8. The predicted molar refractivity (Wildman–Crippen MR) is 214 cm³/mol. The molecule has 0 spiro atoms. The van der Waals surface area contributed by atoms with Crippen LogP contribution in [0, 0.1) is 0 Å². The van der Waals surface area contributed by atoms with E-state index in [-0.39, 0.29) is 19.8 Å². The Morgan fingerprint density at radius 2 is 1.18 bits per heavy atom. The molecule has 2 saturated heterocycles. The molecule has 0 aromatic heterocycles. The second-order valence-corrected chi connectivity index (χ2v) is 16.0. The average Bonchev–Trinajstić information content (AvgIpc) is 3.23. The van der Waals surface area contributed by atoms with Crippen LogP contribution in [0.15, 0.2) is 91.0 Å². The monoisotopic (exact) mass is 783 g/mol. The Bertz CT molecular complexity index is 1440. The molecule has 5 rings (SSSR count). The van der Waals surface area contributed by atoms with Crippen molar-refractivity contribution in [3.8, 4) is 0 Å². The van der Waals surface area contributed by atoms with E-state index in [1.807, 2.05) is 66.7 Å². The molecule has 2 aliphatic heterocycles. The highest BCUT2D eigenvalue weighted by Crippen LogP contribution is 2.46. The number of fused-ring (bicyclic) bond motifs is 1. The molecule has 0 bridgehead atoms. The highest BCUT2D eigenvalue weighted by atomic mass is 31.2. The lowest BCUT2D eigenvalue weighted by Crippen LogP contribution is -2.63. The molecule has 0 aliphatic carbocycles. The van der Waals surface area contributed by atoms with Crippen molar-refractivity contribution >= 4 is 7.82 Å². The van der Waals surface area contributed by atoms with Crippen molar-refractivity contribution in [1.82, 2.24) is 0 Å². The molecule has 7 atom stereocenters. The zero-order chi connectivity index (χ0) is 39.4. The van der Waals surface area contributed by atoms with E-state index in [1.165, 1.54) is 89.1 Å². The number of unbranched alkanes of at least 4 members (excludes halogenated alkanes) is 4. The number of hydrogen-bond donors (Lipinski definition) is 0. The molecule has 11 heteroatoms. The molecule has 2 fully saturated rings. The minimum atomic E-state index is -4.81.